The molecule has 1 aromatic rings. The minimum atomic E-state index is -3.50. The van der Waals surface area contributed by atoms with Gasteiger partial charge in [0.15, 0.2) is 9.34 Å². The number of nitrogens with one attached hydrogen (secondary N) is 1. The molecule has 0 aliphatic heterocycles. The van der Waals surface area contributed by atoms with Gasteiger partial charge in [0.2, 0.25) is 0 Å². The maximum absolute atomic E-state index is 12.1. The number of aromatic nitrogens is 1. The lowest BCUT2D eigenvalue weighted by Gasteiger charge is -2.34. The number of rotatable bonds is 5. The maximum Gasteiger partial charge on any atom is 0.252 e. The van der Waals surface area contributed by atoms with Crippen LogP contribution in [0.5, 0.6) is 0 Å². The van der Waals surface area contributed by atoms with E-state index in [0.29, 0.717) is 12.3 Å². The van der Waals surface area contributed by atoms with Crippen molar-refractivity contribution in [2.24, 2.45) is 0 Å². The van der Waals surface area contributed by atoms with Crippen molar-refractivity contribution in [1.29, 1.82) is 0 Å². The van der Waals surface area contributed by atoms with Crippen LogP contribution in [0.2, 0.25) is 0 Å². The summed E-state index contributed by atoms with van der Waals surface area (Å²) in [7, 11) is -3.50. The summed E-state index contributed by atoms with van der Waals surface area (Å²) >= 11 is 0.994. The Labute approximate surface area is 111 Å². The van der Waals surface area contributed by atoms with Gasteiger partial charge >= 0.3 is 0 Å². The second-order valence-corrected chi connectivity index (χ2v) is 7.23. The Kier molecular flexibility index (Phi) is 3.90. The average molecular weight is 291 g/mol. The summed E-state index contributed by atoms with van der Waals surface area (Å²) < 4.78 is 32.5. The second kappa shape index (κ2) is 5.12. The van der Waals surface area contributed by atoms with Crippen molar-refractivity contribution >= 4 is 26.5 Å². The van der Waals surface area contributed by atoms with Crippen LogP contribution >= 0.6 is 11.3 Å². The van der Waals surface area contributed by atoms with Crippen molar-refractivity contribution < 1.29 is 13.2 Å². The largest absolute Gasteiger partial charge is 0.378 e. The van der Waals surface area contributed by atoms with Gasteiger partial charge in [-0.1, -0.05) is 11.3 Å². The van der Waals surface area contributed by atoms with Crippen LogP contribution in [0, 0.1) is 6.92 Å². The molecule has 102 valence electrons. The van der Waals surface area contributed by atoms with Gasteiger partial charge in [0.05, 0.1) is 11.8 Å². The third-order valence-corrected chi connectivity index (χ3v) is 5.95. The minimum Gasteiger partial charge on any atom is -0.378 e. The van der Waals surface area contributed by atoms with Crippen LogP contribution in [0.25, 0.3) is 0 Å². The van der Waals surface area contributed by atoms with E-state index in [9.17, 15) is 8.42 Å². The predicted molar refractivity (Wildman–Crippen MR) is 70.0 cm³/mol. The minimum absolute atomic E-state index is 0.0470. The van der Waals surface area contributed by atoms with E-state index in [1.165, 1.54) is 0 Å². The molecule has 0 spiro atoms. The van der Waals surface area contributed by atoms with Crippen LogP contribution in [-0.2, 0) is 14.8 Å². The van der Waals surface area contributed by atoms with Gasteiger partial charge in [0.1, 0.15) is 0 Å². The molecule has 0 saturated heterocycles. The summed E-state index contributed by atoms with van der Waals surface area (Å²) in [5.74, 6) is 0. The lowest BCUT2D eigenvalue weighted by molar-refractivity contribution is -0.00474. The van der Waals surface area contributed by atoms with Gasteiger partial charge in [0.25, 0.3) is 10.0 Å². The molecule has 0 atom stereocenters. The molecule has 0 radical (unpaired) electrons. The Morgan fingerprint density at radius 2 is 2.22 bits per heavy atom. The van der Waals surface area contributed by atoms with Gasteiger partial charge < -0.3 is 10.5 Å². The van der Waals surface area contributed by atoms with Crippen LogP contribution in [0.15, 0.2) is 4.21 Å². The maximum atomic E-state index is 12.1. The highest BCUT2D eigenvalue weighted by Gasteiger charge is 2.34. The van der Waals surface area contributed by atoms with Crippen molar-refractivity contribution in [2.75, 3.05) is 12.3 Å². The number of hydrogen-bond donors (Lipinski definition) is 2. The Bertz CT molecular complexity index is 520. The normalized spacial score (nSPS) is 23.9. The third kappa shape index (κ3) is 2.82. The highest BCUT2D eigenvalue weighted by Crippen LogP contribution is 2.28. The molecule has 1 heterocycles. The number of nitrogens with two attached hydrogens (primary N) is 1. The van der Waals surface area contributed by atoms with E-state index in [1.807, 2.05) is 6.92 Å². The first-order valence-electron chi connectivity index (χ1n) is 5.79. The van der Waals surface area contributed by atoms with Crippen molar-refractivity contribution in [1.82, 2.24) is 9.71 Å². The Balaban J connectivity index is 1.99. The van der Waals surface area contributed by atoms with E-state index in [4.69, 9.17) is 10.5 Å². The van der Waals surface area contributed by atoms with Crippen LogP contribution in [0.1, 0.15) is 25.5 Å². The number of sulfonamides is 1. The SMILES string of the molecule is CCOC1CC(NS(=O)(=O)c2sc(N)nc2C)C1. The summed E-state index contributed by atoms with van der Waals surface area (Å²) in [6.45, 7) is 4.24. The molecule has 0 aromatic carbocycles. The number of nitrogens with zero attached hydrogens (tertiary/aromatic N) is 1. The van der Waals surface area contributed by atoms with E-state index < -0.39 is 10.0 Å². The van der Waals surface area contributed by atoms with Crippen molar-refractivity contribution in [3.63, 3.8) is 0 Å². The van der Waals surface area contributed by atoms with Crippen LogP contribution in [0.4, 0.5) is 5.13 Å². The number of thiazole rings is 1. The fraction of sp³-hybridized carbons (Fsp3) is 0.700. The first kappa shape index (κ1) is 13.7. The van der Waals surface area contributed by atoms with Crippen molar-refractivity contribution in [2.45, 2.75) is 43.0 Å². The lowest BCUT2D eigenvalue weighted by atomic mass is 9.90. The van der Waals surface area contributed by atoms with E-state index >= 15 is 0 Å². The highest BCUT2D eigenvalue weighted by atomic mass is 32.2. The third-order valence-electron chi connectivity index (χ3n) is 2.83. The van der Waals surface area contributed by atoms with Crippen LogP contribution < -0.4 is 10.5 Å². The van der Waals surface area contributed by atoms with Crippen LogP contribution in [-0.4, -0.2) is 32.2 Å². The monoisotopic (exact) mass is 291 g/mol. The number of aryl methyl sites for hydroxylation is 1. The molecule has 1 aliphatic carbocycles. The molecule has 0 unspecified atom stereocenters. The molecular weight excluding hydrogens is 274 g/mol. The molecule has 1 fully saturated rings. The predicted octanol–water partition coefficient (Wildman–Crippen LogP) is 0.880. The molecule has 1 aliphatic rings. The number of ether oxygens (including phenoxy) is 1. The standard InChI is InChI=1S/C10H17N3O3S2/c1-3-16-8-4-7(5-8)13-18(14,15)9-6(2)12-10(11)17-9/h7-8,13H,3-5H2,1-2H3,(H2,11,12). The molecular formula is C10H17N3O3S2. The topological polar surface area (TPSA) is 94.3 Å². The smallest absolute Gasteiger partial charge is 0.252 e. The van der Waals surface area contributed by atoms with Crippen molar-refractivity contribution in [3.8, 4) is 0 Å². The quantitative estimate of drug-likeness (QED) is 0.840. The van der Waals surface area contributed by atoms with Crippen molar-refractivity contribution in [3.05, 3.63) is 5.69 Å². The molecule has 6 nitrogen and oxygen atoms in total. The van der Waals surface area contributed by atoms with E-state index in [2.05, 4.69) is 9.71 Å². The van der Waals surface area contributed by atoms with E-state index in [1.54, 1.807) is 6.92 Å². The summed E-state index contributed by atoms with van der Waals surface area (Å²) in [5, 5.41) is 0.272. The van der Waals surface area contributed by atoms with Gasteiger partial charge in [-0.05, 0) is 26.7 Å². The van der Waals surface area contributed by atoms with Gasteiger partial charge in [-0.3, -0.25) is 0 Å². The molecule has 1 saturated carbocycles. The van der Waals surface area contributed by atoms with Gasteiger partial charge in [-0.15, -0.1) is 0 Å². The molecule has 0 amide bonds. The number of hydrogen-bond acceptors (Lipinski definition) is 6. The second-order valence-electron chi connectivity index (χ2n) is 4.29. The summed E-state index contributed by atoms with van der Waals surface area (Å²) in [6, 6.07) is -0.0470. The Morgan fingerprint density at radius 3 is 2.72 bits per heavy atom. The van der Waals surface area contributed by atoms with Crippen LogP contribution in [0.3, 0.4) is 0 Å². The summed E-state index contributed by atoms with van der Waals surface area (Å²) in [4.78, 5) is 3.93. The molecule has 2 rings (SSSR count). The van der Waals surface area contributed by atoms with Gasteiger partial charge in [-0.25, -0.2) is 18.1 Å². The molecule has 8 heteroatoms. The molecule has 18 heavy (non-hydrogen) atoms. The Morgan fingerprint density at radius 1 is 1.56 bits per heavy atom. The number of nitrogen functional groups attached to an aromatic ring is 1. The van der Waals surface area contributed by atoms with E-state index in [0.717, 1.165) is 24.2 Å². The molecule has 3 N–H and O–H groups in total. The zero-order chi connectivity index (χ0) is 13.3. The van der Waals surface area contributed by atoms with Gasteiger partial charge in [-0.2, -0.15) is 0 Å². The first-order valence-corrected chi connectivity index (χ1v) is 8.09. The lowest BCUT2D eigenvalue weighted by Crippen LogP contribution is -2.47. The zero-order valence-corrected chi connectivity index (χ0v) is 12.0. The average Bonchev–Trinajstić information content (AvgIpc) is 2.55. The summed E-state index contributed by atoms with van der Waals surface area (Å²) in [5.41, 5.74) is 5.96. The molecule has 1 aromatic heterocycles. The Hall–Kier alpha value is -0.700. The summed E-state index contributed by atoms with van der Waals surface area (Å²) in [6.07, 6.45) is 1.62. The fourth-order valence-electron chi connectivity index (χ4n) is 1.96. The highest BCUT2D eigenvalue weighted by molar-refractivity contribution is 7.91. The fourth-order valence-corrected chi connectivity index (χ4v) is 4.54. The first-order chi connectivity index (χ1) is 8.42. The zero-order valence-electron chi connectivity index (χ0n) is 10.3. The number of anilines is 1. The van der Waals surface area contributed by atoms with E-state index in [-0.39, 0.29) is 21.5 Å². The van der Waals surface area contributed by atoms with Gasteiger partial charge in [0, 0.05) is 12.6 Å². The molecule has 0 bridgehead atoms.